The number of aliphatic hydroxyl groups excluding tert-OH is 1. The molecule has 16 heavy (non-hydrogen) atoms. The first-order chi connectivity index (χ1) is 7.54. The highest BCUT2D eigenvalue weighted by Crippen LogP contribution is 2.38. The van der Waals surface area contributed by atoms with Crippen LogP contribution in [0.5, 0.6) is 11.5 Å². The summed E-state index contributed by atoms with van der Waals surface area (Å²) in [5.41, 5.74) is 0.155. The molecule has 2 rings (SSSR count). The van der Waals surface area contributed by atoms with Gasteiger partial charge >= 0.3 is 0 Å². The average Bonchev–Trinajstić information content (AvgIpc) is 2.28. The molecule has 1 heterocycles. The topological polar surface area (TPSA) is 38.7 Å². The number of hydrogen-bond acceptors (Lipinski definition) is 3. The van der Waals surface area contributed by atoms with Crippen molar-refractivity contribution in [3.63, 3.8) is 0 Å². The number of alkyl halides is 2. The van der Waals surface area contributed by atoms with Crippen molar-refractivity contribution in [1.29, 1.82) is 0 Å². The van der Waals surface area contributed by atoms with Crippen LogP contribution in [0.4, 0.5) is 8.78 Å². The Morgan fingerprint density at radius 1 is 1.25 bits per heavy atom. The maximum atomic E-state index is 13.4. The zero-order valence-corrected chi connectivity index (χ0v) is 8.80. The zero-order valence-electron chi connectivity index (χ0n) is 8.80. The van der Waals surface area contributed by atoms with Gasteiger partial charge in [-0.15, -0.1) is 0 Å². The van der Waals surface area contributed by atoms with Crippen LogP contribution < -0.4 is 9.47 Å². The predicted molar refractivity (Wildman–Crippen MR) is 53.1 cm³/mol. The first-order valence-corrected chi connectivity index (χ1v) is 4.94. The number of hydrogen-bond donors (Lipinski definition) is 1. The Kier molecular flexibility index (Phi) is 2.71. The molecule has 88 valence electrons. The van der Waals surface area contributed by atoms with Gasteiger partial charge in [-0.2, -0.15) is 8.78 Å². The number of fused-ring (bicyclic) bond motifs is 1. The van der Waals surface area contributed by atoms with E-state index in [1.54, 1.807) is 6.92 Å². The number of aliphatic hydroxyl groups is 1. The number of ether oxygens (including phenoxy) is 2. The first-order valence-electron chi connectivity index (χ1n) is 4.94. The second-order valence-corrected chi connectivity index (χ2v) is 3.67. The Morgan fingerprint density at radius 3 is 2.38 bits per heavy atom. The average molecular weight is 230 g/mol. The molecule has 1 N–H and O–H groups in total. The summed E-state index contributed by atoms with van der Waals surface area (Å²) in [6.07, 6.45) is 0. The zero-order chi connectivity index (χ0) is 11.8. The third-order valence-corrected chi connectivity index (χ3v) is 2.48. The summed E-state index contributed by atoms with van der Waals surface area (Å²) in [5, 5.41) is 8.65. The monoisotopic (exact) mass is 230 g/mol. The van der Waals surface area contributed by atoms with Crippen LogP contribution in [0.1, 0.15) is 11.1 Å². The molecule has 0 aromatic heterocycles. The van der Waals surface area contributed by atoms with E-state index in [-0.39, 0.29) is 5.56 Å². The van der Waals surface area contributed by atoms with E-state index in [9.17, 15) is 8.78 Å². The van der Waals surface area contributed by atoms with Gasteiger partial charge < -0.3 is 14.6 Å². The van der Waals surface area contributed by atoms with Gasteiger partial charge in [0.05, 0.1) is 0 Å². The van der Waals surface area contributed by atoms with Crippen LogP contribution in [0.15, 0.2) is 12.1 Å². The van der Waals surface area contributed by atoms with Crippen LogP contribution in [0, 0.1) is 6.92 Å². The van der Waals surface area contributed by atoms with Crippen molar-refractivity contribution in [1.82, 2.24) is 0 Å². The summed E-state index contributed by atoms with van der Waals surface area (Å²) in [6, 6.07) is 2.74. The van der Waals surface area contributed by atoms with Crippen molar-refractivity contribution < 1.29 is 23.4 Å². The molecular formula is C11H12F2O3. The molecule has 1 aromatic carbocycles. The van der Waals surface area contributed by atoms with E-state index >= 15 is 0 Å². The lowest BCUT2D eigenvalue weighted by Crippen LogP contribution is -2.22. The summed E-state index contributed by atoms with van der Waals surface area (Å²) in [7, 11) is 0. The lowest BCUT2D eigenvalue weighted by Gasteiger charge is -2.23. The molecule has 0 saturated heterocycles. The summed E-state index contributed by atoms with van der Waals surface area (Å²) in [6.45, 7) is 1.10. The van der Waals surface area contributed by atoms with E-state index in [1.165, 1.54) is 12.1 Å². The van der Waals surface area contributed by atoms with Gasteiger partial charge in [-0.05, 0) is 24.6 Å². The van der Waals surface area contributed by atoms with Crippen molar-refractivity contribution in [2.45, 2.75) is 12.8 Å². The van der Waals surface area contributed by atoms with Crippen molar-refractivity contribution in [2.24, 2.45) is 0 Å². The lowest BCUT2D eigenvalue weighted by atomic mass is 10.0. The Hall–Kier alpha value is -1.36. The van der Waals surface area contributed by atoms with Crippen molar-refractivity contribution in [3.05, 3.63) is 23.3 Å². The molecule has 0 unspecified atom stereocenters. The molecule has 0 aliphatic carbocycles. The highest BCUT2D eigenvalue weighted by Gasteiger charge is 2.33. The van der Waals surface area contributed by atoms with Gasteiger partial charge in [0.25, 0.3) is 5.92 Å². The Balaban J connectivity index is 2.47. The molecule has 0 radical (unpaired) electrons. The van der Waals surface area contributed by atoms with Gasteiger partial charge in [0.1, 0.15) is 19.8 Å². The van der Waals surface area contributed by atoms with Gasteiger partial charge in [-0.25, -0.2) is 0 Å². The molecule has 0 atom stereocenters. The summed E-state index contributed by atoms with van der Waals surface area (Å²) < 4.78 is 37.2. The maximum absolute atomic E-state index is 13.4. The molecule has 0 spiro atoms. The summed E-state index contributed by atoms with van der Waals surface area (Å²) in [4.78, 5) is 0. The highest BCUT2D eigenvalue weighted by molar-refractivity contribution is 5.49. The second kappa shape index (κ2) is 3.90. The molecule has 5 heteroatoms. The minimum absolute atomic E-state index is 0.223. The normalized spacial score (nSPS) is 15.0. The molecule has 0 amide bonds. The third kappa shape index (κ3) is 1.82. The van der Waals surface area contributed by atoms with E-state index in [0.717, 1.165) is 0 Å². The third-order valence-electron chi connectivity index (χ3n) is 2.48. The minimum atomic E-state index is -3.25. The van der Waals surface area contributed by atoms with E-state index in [0.29, 0.717) is 30.3 Å². The summed E-state index contributed by atoms with van der Waals surface area (Å²) >= 11 is 0. The highest BCUT2D eigenvalue weighted by atomic mass is 19.3. The Morgan fingerprint density at radius 2 is 1.81 bits per heavy atom. The van der Waals surface area contributed by atoms with E-state index in [4.69, 9.17) is 14.6 Å². The van der Waals surface area contributed by atoms with Crippen LogP contribution in [-0.4, -0.2) is 24.9 Å². The fraction of sp³-hybridized carbons (Fsp3) is 0.455. The number of benzene rings is 1. The van der Waals surface area contributed by atoms with Gasteiger partial charge in [-0.3, -0.25) is 0 Å². The molecule has 1 aliphatic heterocycles. The first kappa shape index (κ1) is 11.1. The Bertz CT molecular complexity index is 404. The maximum Gasteiger partial charge on any atom is 0.296 e. The van der Waals surface area contributed by atoms with Crippen LogP contribution >= 0.6 is 0 Å². The fourth-order valence-corrected chi connectivity index (χ4v) is 1.67. The van der Waals surface area contributed by atoms with E-state index < -0.39 is 12.5 Å². The smallest absolute Gasteiger partial charge is 0.296 e. The molecule has 3 nitrogen and oxygen atoms in total. The summed E-state index contributed by atoms with van der Waals surface area (Å²) in [5.74, 6) is -2.47. The molecular weight excluding hydrogens is 218 g/mol. The van der Waals surface area contributed by atoms with Crippen molar-refractivity contribution in [2.75, 3.05) is 19.8 Å². The molecule has 0 saturated carbocycles. The standard InChI is InChI=1S/C11H12F2O3/c1-7-4-9-10(16-3-2-15-9)5-8(7)11(12,13)6-14/h4-5,14H,2-3,6H2,1H3. The van der Waals surface area contributed by atoms with E-state index in [1.807, 2.05) is 0 Å². The lowest BCUT2D eigenvalue weighted by molar-refractivity contribution is -0.0563. The van der Waals surface area contributed by atoms with Crippen LogP contribution in [0.2, 0.25) is 0 Å². The second-order valence-electron chi connectivity index (χ2n) is 3.67. The fourth-order valence-electron chi connectivity index (χ4n) is 1.67. The van der Waals surface area contributed by atoms with Crippen molar-refractivity contribution in [3.8, 4) is 11.5 Å². The molecule has 0 bridgehead atoms. The van der Waals surface area contributed by atoms with E-state index in [2.05, 4.69) is 0 Å². The number of halogens is 2. The van der Waals surface area contributed by atoms with Gasteiger partial charge in [0.15, 0.2) is 11.5 Å². The number of rotatable bonds is 2. The predicted octanol–water partition coefficient (Wildman–Crippen LogP) is 1.85. The van der Waals surface area contributed by atoms with Gasteiger partial charge in [0, 0.05) is 5.56 Å². The molecule has 1 aliphatic rings. The molecule has 0 fully saturated rings. The molecule has 1 aromatic rings. The van der Waals surface area contributed by atoms with Crippen molar-refractivity contribution >= 4 is 0 Å². The SMILES string of the molecule is Cc1cc2c(cc1C(F)(F)CO)OCCO2. The number of aryl methyl sites for hydroxylation is 1. The van der Waals surface area contributed by atoms with Gasteiger partial charge in [0.2, 0.25) is 0 Å². The largest absolute Gasteiger partial charge is 0.486 e. The Labute approximate surface area is 91.6 Å². The quantitative estimate of drug-likeness (QED) is 0.842. The minimum Gasteiger partial charge on any atom is -0.486 e. The van der Waals surface area contributed by atoms with Gasteiger partial charge in [-0.1, -0.05) is 0 Å². The van der Waals surface area contributed by atoms with Crippen LogP contribution in [0.3, 0.4) is 0 Å². The van der Waals surface area contributed by atoms with Crippen LogP contribution in [0.25, 0.3) is 0 Å². The van der Waals surface area contributed by atoms with Crippen LogP contribution in [-0.2, 0) is 5.92 Å².